The fraction of sp³-hybridized carbons (Fsp3) is 0.500. The molecule has 0 aliphatic rings. The summed E-state index contributed by atoms with van der Waals surface area (Å²) in [6, 6.07) is 9.13. The maximum absolute atomic E-state index is 11.7. The fourth-order valence-corrected chi connectivity index (χ4v) is 2.59. The number of benzene rings is 1. The Hall–Kier alpha value is -0.660. The molecule has 0 bridgehead atoms. The zero-order valence-corrected chi connectivity index (χ0v) is 12.6. The summed E-state index contributed by atoms with van der Waals surface area (Å²) in [5, 5.41) is 3.07. The third kappa shape index (κ3) is 8.96. The van der Waals surface area contributed by atoms with Crippen molar-refractivity contribution in [2.45, 2.75) is 5.75 Å². The van der Waals surface area contributed by atoms with Gasteiger partial charge >= 0.3 is 0 Å². The predicted octanol–water partition coefficient (Wildman–Crippen LogP) is 0.764. The molecule has 0 saturated carbocycles. The molecule has 19 heavy (non-hydrogen) atoms. The van der Waals surface area contributed by atoms with E-state index in [-0.39, 0.29) is 18.2 Å². The minimum absolute atomic E-state index is 0. The molecule has 0 spiro atoms. The third-order valence-corrected chi connectivity index (χ3v) is 3.66. The Morgan fingerprint density at radius 3 is 2.42 bits per heavy atom. The summed E-state index contributed by atoms with van der Waals surface area (Å²) in [6.45, 7) is 2.32. The number of hydrogen-bond donors (Lipinski definition) is 2. The summed E-state index contributed by atoms with van der Waals surface area (Å²) in [4.78, 5) is 0. The van der Waals surface area contributed by atoms with Crippen molar-refractivity contribution < 1.29 is 13.2 Å². The topological polar surface area (TPSA) is 67.4 Å². The van der Waals surface area contributed by atoms with Gasteiger partial charge in [-0.3, -0.25) is 0 Å². The van der Waals surface area contributed by atoms with Gasteiger partial charge in [0.15, 0.2) is 0 Å². The Morgan fingerprint density at radius 2 is 1.79 bits per heavy atom. The van der Waals surface area contributed by atoms with E-state index < -0.39 is 10.0 Å². The van der Waals surface area contributed by atoms with E-state index in [4.69, 9.17) is 4.74 Å². The van der Waals surface area contributed by atoms with Crippen LogP contribution in [0.3, 0.4) is 0 Å². The summed E-state index contributed by atoms with van der Waals surface area (Å²) in [7, 11) is -1.62. The maximum Gasteiger partial charge on any atom is 0.215 e. The highest BCUT2D eigenvalue weighted by molar-refractivity contribution is 7.88. The van der Waals surface area contributed by atoms with E-state index in [2.05, 4.69) is 10.0 Å². The van der Waals surface area contributed by atoms with Crippen LogP contribution in [0.1, 0.15) is 5.56 Å². The first-order chi connectivity index (χ1) is 8.64. The SMILES string of the molecule is COCCNCCNS(=O)(=O)Cc1ccccc1.Cl. The number of halogens is 1. The molecule has 1 aromatic carbocycles. The van der Waals surface area contributed by atoms with Crippen molar-refractivity contribution in [3.8, 4) is 0 Å². The number of hydrogen-bond acceptors (Lipinski definition) is 4. The van der Waals surface area contributed by atoms with Crippen molar-refractivity contribution in [3.63, 3.8) is 0 Å². The van der Waals surface area contributed by atoms with E-state index in [1.54, 1.807) is 19.2 Å². The molecule has 1 aromatic rings. The van der Waals surface area contributed by atoms with Gasteiger partial charge in [-0.2, -0.15) is 0 Å². The van der Waals surface area contributed by atoms with Gasteiger partial charge in [0, 0.05) is 26.7 Å². The molecule has 0 aliphatic heterocycles. The van der Waals surface area contributed by atoms with Crippen LogP contribution >= 0.6 is 12.4 Å². The van der Waals surface area contributed by atoms with Crippen molar-refractivity contribution in [3.05, 3.63) is 35.9 Å². The van der Waals surface area contributed by atoms with Crippen LogP contribution in [0, 0.1) is 0 Å². The van der Waals surface area contributed by atoms with E-state index in [0.717, 1.165) is 12.1 Å². The van der Waals surface area contributed by atoms with E-state index in [1.807, 2.05) is 18.2 Å². The second-order valence-corrected chi connectivity index (χ2v) is 5.69. The molecule has 0 saturated heterocycles. The average molecular weight is 309 g/mol. The molecular weight excluding hydrogens is 288 g/mol. The van der Waals surface area contributed by atoms with Crippen molar-refractivity contribution >= 4 is 22.4 Å². The van der Waals surface area contributed by atoms with E-state index in [9.17, 15) is 8.42 Å². The van der Waals surface area contributed by atoms with Crippen molar-refractivity contribution in [2.75, 3.05) is 33.4 Å². The van der Waals surface area contributed by atoms with E-state index >= 15 is 0 Å². The van der Waals surface area contributed by atoms with Gasteiger partial charge in [0.1, 0.15) is 0 Å². The summed E-state index contributed by atoms with van der Waals surface area (Å²) in [6.07, 6.45) is 0. The average Bonchev–Trinajstić information content (AvgIpc) is 2.34. The number of nitrogens with one attached hydrogen (secondary N) is 2. The van der Waals surface area contributed by atoms with Crippen LogP contribution in [0.15, 0.2) is 30.3 Å². The van der Waals surface area contributed by atoms with Crippen LogP contribution in [0.25, 0.3) is 0 Å². The standard InChI is InChI=1S/C12H20N2O3S.ClH/c1-17-10-9-13-7-8-14-18(15,16)11-12-5-3-2-4-6-12;/h2-6,13-14H,7-11H2,1H3;1H. The molecule has 0 atom stereocenters. The van der Waals surface area contributed by atoms with Gasteiger partial charge in [0.2, 0.25) is 10.0 Å². The summed E-state index contributed by atoms with van der Waals surface area (Å²) in [5.41, 5.74) is 0.789. The van der Waals surface area contributed by atoms with Crippen LogP contribution < -0.4 is 10.0 Å². The first-order valence-corrected chi connectivity index (χ1v) is 7.50. The van der Waals surface area contributed by atoms with Gasteiger partial charge in [-0.15, -0.1) is 12.4 Å². The highest BCUT2D eigenvalue weighted by Gasteiger charge is 2.09. The molecule has 7 heteroatoms. The summed E-state index contributed by atoms with van der Waals surface area (Å²) >= 11 is 0. The molecular formula is C12H21ClN2O3S. The predicted molar refractivity (Wildman–Crippen MR) is 79.1 cm³/mol. The lowest BCUT2D eigenvalue weighted by Gasteiger charge is -2.07. The fourth-order valence-electron chi connectivity index (χ4n) is 1.44. The molecule has 0 aromatic heterocycles. The van der Waals surface area contributed by atoms with Crippen molar-refractivity contribution in [1.82, 2.24) is 10.0 Å². The lowest BCUT2D eigenvalue weighted by atomic mass is 10.2. The Bertz CT molecular complexity index is 426. The van der Waals surface area contributed by atoms with Gasteiger partial charge in [0.05, 0.1) is 12.4 Å². The Balaban J connectivity index is 0.00000324. The van der Waals surface area contributed by atoms with E-state index in [1.165, 1.54) is 0 Å². The van der Waals surface area contributed by atoms with Gasteiger partial charge in [0.25, 0.3) is 0 Å². The highest BCUT2D eigenvalue weighted by atomic mass is 35.5. The highest BCUT2D eigenvalue weighted by Crippen LogP contribution is 2.03. The first-order valence-electron chi connectivity index (χ1n) is 5.85. The van der Waals surface area contributed by atoms with Gasteiger partial charge in [-0.1, -0.05) is 30.3 Å². The van der Waals surface area contributed by atoms with Crippen LogP contribution in [0.2, 0.25) is 0 Å². The first kappa shape index (κ1) is 18.3. The van der Waals surface area contributed by atoms with Gasteiger partial charge in [-0.25, -0.2) is 13.1 Å². The van der Waals surface area contributed by atoms with Crippen LogP contribution in [-0.2, 0) is 20.5 Å². The molecule has 2 N–H and O–H groups in total. The number of rotatable bonds is 9. The quantitative estimate of drug-likeness (QED) is 0.661. The smallest absolute Gasteiger partial charge is 0.215 e. The largest absolute Gasteiger partial charge is 0.383 e. The minimum Gasteiger partial charge on any atom is -0.383 e. The Kier molecular flexibility index (Phi) is 9.81. The number of sulfonamides is 1. The lowest BCUT2D eigenvalue weighted by Crippen LogP contribution is -2.33. The lowest BCUT2D eigenvalue weighted by molar-refractivity contribution is 0.199. The molecule has 110 valence electrons. The van der Waals surface area contributed by atoms with Crippen molar-refractivity contribution in [1.29, 1.82) is 0 Å². The Labute approximate surface area is 121 Å². The second-order valence-electron chi connectivity index (χ2n) is 3.88. The summed E-state index contributed by atoms with van der Waals surface area (Å²) < 4.78 is 30.9. The molecule has 1 rings (SSSR count). The molecule has 5 nitrogen and oxygen atoms in total. The van der Waals surface area contributed by atoms with E-state index in [0.29, 0.717) is 19.7 Å². The Morgan fingerprint density at radius 1 is 1.11 bits per heavy atom. The zero-order chi connectivity index (χ0) is 13.3. The molecule has 0 aliphatic carbocycles. The molecule has 0 unspecified atom stereocenters. The zero-order valence-electron chi connectivity index (χ0n) is 11.0. The maximum atomic E-state index is 11.7. The molecule has 0 amide bonds. The monoisotopic (exact) mass is 308 g/mol. The summed E-state index contributed by atoms with van der Waals surface area (Å²) in [5.74, 6) is 0.0198. The molecule has 0 radical (unpaired) electrons. The molecule has 0 heterocycles. The number of ether oxygens (including phenoxy) is 1. The van der Waals surface area contributed by atoms with Crippen LogP contribution in [0.4, 0.5) is 0 Å². The van der Waals surface area contributed by atoms with Crippen LogP contribution in [-0.4, -0.2) is 41.8 Å². The van der Waals surface area contributed by atoms with Crippen molar-refractivity contribution in [2.24, 2.45) is 0 Å². The van der Waals surface area contributed by atoms with Gasteiger partial charge < -0.3 is 10.1 Å². The van der Waals surface area contributed by atoms with Gasteiger partial charge in [-0.05, 0) is 5.56 Å². The number of methoxy groups -OCH3 is 1. The molecule has 0 fully saturated rings. The van der Waals surface area contributed by atoms with Crippen LogP contribution in [0.5, 0.6) is 0 Å². The third-order valence-electron chi connectivity index (χ3n) is 2.31. The second kappa shape index (κ2) is 10.2. The minimum atomic E-state index is -3.25. The normalized spacial score (nSPS) is 11.0.